The van der Waals surface area contributed by atoms with Gasteiger partial charge in [-0.3, -0.25) is 14.2 Å². The van der Waals surface area contributed by atoms with Crippen LogP contribution in [-0.2, 0) is 4.79 Å². The van der Waals surface area contributed by atoms with Crippen molar-refractivity contribution in [2.24, 2.45) is 0 Å². The minimum atomic E-state index is -0.559. The number of benzene rings is 3. The summed E-state index contributed by atoms with van der Waals surface area (Å²) in [6.07, 6.45) is 0. The van der Waals surface area contributed by atoms with Gasteiger partial charge in [-0.1, -0.05) is 30.0 Å². The maximum absolute atomic E-state index is 13.5. The van der Waals surface area contributed by atoms with Gasteiger partial charge in [0, 0.05) is 6.07 Å². The molecule has 0 bridgehead atoms. The molecule has 0 spiro atoms. The Morgan fingerprint density at radius 3 is 2.40 bits per heavy atom. The van der Waals surface area contributed by atoms with E-state index in [4.69, 9.17) is 14.5 Å². The fourth-order valence-corrected chi connectivity index (χ4v) is 4.78. The zero-order valence-electron chi connectivity index (χ0n) is 20.3. The number of carbonyl (C=O) groups excluding carboxylic acids is 1. The number of aromatic nitrogens is 2. The average molecular weight is 490 g/mol. The number of rotatable bonds is 7. The summed E-state index contributed by atoms with van der Waals surface area (Å²) >= 11 is 1.22. The van der Waals surface area contributed by atoms with Gasteiger partial charge in [0.15, 0.2) is 5.16 Å². The van der Waals surface area contributed by atoms with Crippen molar-refractivity contribution in [3.05, 3.63) is 82.1 Å². The highest BCUT2D eigenvalue weighted by atomic mass is 32.2. The summed E-state index contributed by atoms with van der Waals surface area (Å²) in [7, 11) is 3.10. The number of anilines is 1. The number of nitrogens with zero attached hydrogens (tertiary/aromatic N) is 2. The monoisotopic (exact) mass is 489 g/mol. The number of nitrogens with one attached hydrogen (secondary N) is 1. The van der Waals surface area contributed by atoms with E-state index >= 15 is 0 Å². The summed E-state index contributed by atoms with van der Waals surface area (Å²) in [5.74, 6) is 0.865. The van der Waals surface area contributed by atoms with Gasteiger partial charge in [-0.05, 0) is 68.3 Å². The first-order chi connectivity index (χ1) is 16.8. The van der Waals surface area contributed by atoms with Crippen LogP contribution in [0.5, 0.6) is 11.5 Å². The Hall–Kier alpha value is -3.78. The predicted molar refractivity (Wildman–Crippen MR) is 140 cm³/mol. The third-order valence-electron chi connectivity index (χ3n) is 5.53. The van der Waals surface area contributed by atoms with Gasteiger partial charge in [0.05, 0.1) is 41.7 Å². The molecule has 3 aromatic carbocycles. The van der Waals surface area contributed by atoms with E-state index < -0.39 is 5.25 Å². The smallest absolute Gasteiger partial charge is 0.266 e. The molecule has 1 heterocycles. The first kappa shape index (κ1) is 24.3. The van der Waals surface area contributed by atoms with E-state index in [2.05, 4.69) is 5.32 Å². The average Bonchev–Trinajstić information content (AvgIpc) is 2.83. The summed E-state index contributed by atoms with van der Waals surface area (Å²) in [5.41, 5.74) is 3.70. The fraction of sp³-hybridized carbons (Fsp3) is 0.222. The molecule has 0 aliphatic heterocycles. The summed E-state index contributed by atoms with van der Waals surface area (Å²) in [6, 6.07) is 18.4. The third kappa shape index (κ3) is 5.17. The molecule has 1 amide bonds. The molecule has 35 heavy (non-hydrogen) atoms. The Labute approximate surface area is 208 Å². The SMILES string of the molecule is COc1ccc(OC)c(NC(=O)C(C)Sc2nc3ccccc3c(=O)n2-c2cc(C)cc(C)c2)c1. The second-order valence-corrected chi connectivity index (χ2v) is 9.52. The maximum atomic E-state index is 13.5. The number of carbonyl (C=O) groups is 1. The Morgan fingerprint density at radius 1 is 1.00 bits per heavy atom. The molecule has 1 aromatic heterocycles. The van der Waals surface area contributed by atoms with Crippen molar-refractivity contribution in [1.29, 1.82) is 0 Å². The van der Waals surface area contributed by atoms with Crippen molar-refractivity contribution < 1.29 is 14.3 Å². The van der Waals surface area contributed by atoms with Crippen LogP contribution in [0.25, 0.3) is 16.6 Å². The number of amides is 1. The van der Waals surface area contributed by atoms with Gasteiger partial charge in [-0.15, -0.1) is 0 Å². The van der Waals surface area contributed by atoms with Crippen LogP contribution in [-0.4, -0.2) is 34.9 Å². The molecule has 4 rings (SSSR count). The first-order valence-corrected chi connectivity index (χ1v) is 12.0. The third-order valence-corrected chi connectivity index (χ3v) is 6.58. The van der Waals surface area contributed by atoms with E-state index in [9.17, 15) is 9.59 Å². The van der Waals surface area contributed by atoms with E-state index in [1.165, 1.54) is 18.9 Å². The van der Waals surface area contributed by atoms with Gasteiger partial charge in [0.2, 0.25) is 5.91 Å². The highest BCUT2D eigenvalue weighted by Gasteiger charge is 2.22. The molecule has 0 aliphatic carbocycles. The zero-order chi connectivity index (χ0) is 25.1. The first-order valence-electron chi connectivity index (χ1n) is 11.1. The summed E-state index contributed by atoms with van der Waals surface area (Å²) in [4.78, 5) is 31.5. The lowest BCUT2D eigenvalue weighted by molar-refractivity contribution is -0.115. The number of aryl methyl sites for hydroxylation is 2. The largest absolute Gasteiger partial charge is 0.497 e. The standard InChI is InChI=1S/C27H27N3O4S/c1-16-12-17(2)14-19(13-16)30-26(32)21-8-6-7-9-22(21)29-27(30)35-18(3)25(31)28-23-15-20(33-4)10-11-24(23)34-5/h6-15,18H,1-5H3,(H,28,31). The van der Waals surface area contributed by atoms with Crippen molar-refractivity contribution in [2.75, 3.05) is 19.5 Å². The van der Waals surface area contributed by atoms with Crippen molar-refractivity contribution in [3.8, 4) is 17.2 Å². The molecule has 0 fully saturated rings. The van der Waals surface area contributed by atoms with Crippen LogP contribution in [0, 0.1) is 13.8 Å². The van der Waals surface area contributed by atoms with Crippen molar-refractivity contribution in [3.63, 3.8) is 0 Å². The van der Waals surface area contributed by atoms with Crippen molar-refractivity contribution >= 4 is 34.3 Å². The van der Waals surface area contributed by atoms with Gasteiger partial charge < -0.3 is 14.8 Å². The summed E-state index contributed by atoms with van der Waals surface area (Å²) in [6.45, 7) is 5.75. The van der Waals surface area contributed by atoms with Crippen LogP contribution in [0.2, 0.25) is 0 Å². The Bertz CT molecular complexity index is 1440. The molecule has 0 radical (unpaired) electrons. The van der Waals surface area contributed by atoms with Crippen molar-refractivity contribution in [2.45, 2.75) is 31.2 Å². The van der Waals surface area contributed by atoms with E-state index in [1.54, 1.807) is 48.9 Å². The van der Waals surface area contributed by atoms with Crippen LogP contribution in [0.15, 0.2) is 70.6 Å². The van der Waals surface area contributed by atoms with E-state index in [-0.39, 0.29) is 11.5 Å². The molecule has 1 atom stereocenters. The lowest BCUT2D eigenvalue weighted by Crippen LogP contribution is -2.26. The number of para-hydroxylation sites is 1. The lowest BCUT2D eigenvalue weighted by atomic mass is 10.1. The number of hydrogen-bond acceptors (Lipinski definition) is 6. The van der Waals surface area contributed by atoms with Gasteiger partial charge in [-0.2, -0.15) is 0 Å². The zero-order valence-corrected chi connectivity index (χ0v) is 21.1. The van der Waals surface area contributed by atoms with Gasteiger partial charge in [0.1, 0.15) is 11.5 Å². The lowest BCUT2D eigenvalue weighted by Gasteiger charge is -2.18. The minimum Gasteiger partial charge on any atom is -0.497 e. The Kier molecular flexibility index (Phi) is 7.12. The topological polar surface area (TPSA) is 82.5 Å². The van der Waals surface area contributed by atoms with E-state index in [0.717, 1.165) is 16.8 Å². The quantitative estimate of drug-likeness (QED) is 0.286. The number of hydrogen-bond donors (Lipinski definition) is 1. The van der Waals surface area contributed by atoms with Gasteiger partial charge in [-0.25, -0.2) is 4.98 Å². The number of ether oxygens (including phenoxy) is 2. The highest BCUT2D eigenvalue weighted by Crippen LogP contribution is 2.31. The van der Waals surface area contributed by atoms with Gasteiger partial charge in [0.25, 0.3) is 5.56 Å². The van der Waals surface area contributed by atoms with Crippen LogP contribution in [0.3, 0.4) is 0 Å². The molecular formula is C27H27N3O4S. The summed E-state index contributed by atoms with van der Waals surface area (Å²) in [5, 5.41) is 3.31. The fourth-order valence-electron chi connectivity index (χ4n) is 3.86. The molecule has 8 heteroatoms. The van der Waals surface area contributed by atoms with Crippen LogP contribution >= 0.6 is 11.8 Å². The molecule has 7 nitrogen and oxygen atoms in total. The van der Waals surface area contributed by atoms with Gasteiger partial charge >= 0.3 is 0 Å². The number of methoxy groups -OCH3 is 2. The molecule has 0 saturated heterocycles. The predicted octanol–water partition coefficient (Wildman–Crippen LogP) is 5.14. The molecule has 180 valence electrons. The van der Waals surface area contributed by atoms with Crippen LogP contribution < -0.4 is 20.3 Å². The number of thioether (sulfide) groups is 1. The normalized spacial score (nSPS) is 11.8. The second kappa shape index (κ2) is 10.2. The maximum Gasteiger partial charge on any atom is 0.266 e. The van der Waals surface area contributed by atoms with E-state index in [1.807, 2.05) is 44.2 Å². The Morgan fingerprint density at radius 2 is 1.71 bits per heavy atom. The molecule has 4 aromatic rings. The molecule has 1 unspecified atom stereocenters. The summed E-state index contributed by atoms with van der Waals surface area (Å²) < 4.78 is 12.2. The highest BCUT2D eigenvalue weighted by molar-refractivity contribution is 8.00. The molecule has 1 N–H and O–H groups in total. The number of fused-ring (bicyclic) bond motifs is 1. The molecule has 0 saturated carbocycles. The van der Waals surface area contributed by atoms with Crippen molar-refractivity contribution in [1.82, 2.24) is 9.55 Å². The van der Waals surface area contributed by atoms with E-state index in [0.29, 0.717) is 33.2 Å². The molecule has 0 aliphatic rings. The van der Waals surface area contributed by atoms with Crippen LogP contribution in [0.4, 0.5) is 5.69 Å². The van der Waals surface area contributed by atoms with Crippen LogP contribution in [0.1, 0.15) is 18.1 Å². The second-order valence-electron chi connectivity index (χ2n) is 8.21. The molecular weight excluding hydrogens is 462 g/mol. The minimum absolute atomic E-state index is 0.176. The Balaban J connectivity index is 1.73.